The van der Waals surface area contributed by atoms with E-state index in [0.717, 1.165) is 29.1 Å². The molecule has 1 aromatic heterocycles. The van der Waals surface area contributed by atoms with Crippen LogP contribution in [0.4, 0.5) is 5.13 Å². The standard InChI is InChI=1S/C14H16BrN3S/c15-10-1-4-12-13(9-10)19-14(16-12)18-7-5-17(6-8-18)11-2-3-11/h1,4,9,11H,2-3,5-8H2. The van der Waals surface area contributed by atoms with Crippen LogP contribution in [0.15, 0.2) is 22.7 Å². The molecule has 2 fully saturated rings. The molecule has 0 N–H and O–H groups in total. The summed E-state index contributed by atoms with van der Waals surface area (Å²) >= 11 is 5.34. The molecule has 3 nitrogen and oxygen atoms in total. The number of rotatable bonds is 2. The molecule has 0 unspecified atom stereocenters. The number of nitrogens with zero attached hydrogens (tertiary/aromatic N) is 3. The summed E-state index contributed by atoms with van der Waals surface area (Å²) < 4.78 is 2.41. The summed E-state index contributed by atoms with van der Waals surface area (Å²) in [5.41, 5.74) is 1.12. The summed E-state index contributed by atoms with van der Waals surface area (Å²) in [5.74, 6) is 0. The molecule has 1 aliphatic heterocycles. The molecule has 0 radical (unpaired) electrons. The molecule has 2 heterocycles. The van der Waals surface area contributed by atoms with Crippen molar-refractivity contribution in [2.75, 3.05) is 31.1 Å². The molecule has 0 spiro atoms. The third kappa shape index (κ3) is 2.39. The minimum atomic E-state index is 0.897. The van der Waals surface area contributed by atoms with E-state index in [1.165, 1.54) is 35.8 Å². The number of benzene rings is 1. The number of piperazine rings is 1. The van der Waals surface area contributed by atoms with Crippen molar-refractivity contribution >= 4 is 42.6 Å². The molecular formula is C14H16BrN3S. The quantitative estimate of drug-likeness (QED) is 0.837. The van der Waals surface area contributed by atoms with Gasteiger partial charge in [0.05, 0.1) is 10.2 Å². The molecule has 4 rings (SSSR count). The van der Waals surface area contributed by atoms with Gasteiger partial charge in [-0.15, -0.1) is 0 Å². The van der Waals surface area contributed by atoms with Crippen molar-refractivity contribution < 1.29 is 0 Å². The van der Waals surface area contributed by atoms with Crippen LogP contribution in [-0.4, -0.2) is 42.1 Å². The fraction of sp³-hybridized carbons (Fsp3) is 0.500. The lowest BCUT2D eigenvalue weighted by atomic mass is 10.3. The van der Waals surface area contributed by atoms with Crippen LogP contribution < -0.4 is 4.90 Å². The highest BCUT2D eigenvalue weighted by Crippen LogP contribution is 2.33. The van der Waals surface area contributed by atoms with Crippen LogP contribution in [0.1, 0.15) is 12.8 Å². The van der Waals surface area contributed by atoms with Gasteiger partial charge >= 0.3 is 0 Å². The van der Waals surface area contributed by atoms with E-state index >= 15 is 0 Å². The number of anilines is 1. The highest BCUT2D eigenvalue weighted by atomic mass is 79.9. The van der Waals surface area contributed by atoms with Crippen LogP contribution in [-0.2, 0) is 0 Å². The van der Waals surface area contributed by atoms with Gasteiger partial charge < -0.3 is 4.90 Å². The van der Waals surface area contributed by atoms with E-state index in [4.69, 9.17) is 4.98 Å². The molecule has 100 valence electrons. The van der Waals surface area contributed by atoms with Crippen molar-refractivity contribution in [1.82, 2.24) is 9.88 Å². The fourth-order valence-electron chi connectivity index (χ4n) is 2.74. The van der Waals surface area contributed by atoms with E-state index in [-0.39, 0.29) is 0 Å². The monoisotopic (exact) mass is 337 g/mol. The Labute approximate surface area is 125 Å². The van der Waals surface area contributed by atoms with Crippen molar-refractivity contribution in [3.05, 3.63) is 22.7 Å². The maximum absolute atomic E-state index is 4.77. The Bertz CT molecular complexity index is 600. The normalized spacial score (nSPS) is 21.2. The van der Waals surface area contributed by atoms with Crippen LogP contribution in [0.5, 0.6) is 0 Å². The smallest absolute Gasteiger partial charge is 0.186 e. The molecule has 19 heavy (non-hydrogen) atoms. The van der Waals surface area contributed by atoms with Crippen LogP contribution in [0.2, 0.25) is 0 Å². The average Bonchev–Trinajstić information content (AvgIpc) is 3.19. The lowest BCUT2D eigenvalue weighted by molar-refractivity contribution is 0.248. The van der Waals surface area contributed by atoms with Gasteiger partial charge in [0.1, 0.15) is 0 Å². The van der Waals surface area contributed by atoms with Crippen molar-refractivity contribution in [3.63, 3.8) is 0 Å². The second kappa shape index (κ2) is 4.72. The highest BCUT2D eigenvalue weighted by molar-refractivity contribution is 9.10. The lowest BCUT2D eigenvalue weighted by Crippen LogP contribution is -2.47. The van der Waals surface area contributed by atoms with Crippen LogP contribution in [0, 0.1) is 0 Å². The average molecular weight is 338 g/mol. The van der Waals surface area contributed by atoms with Gasteiger partial charge in [-0.1, -0.05) is 27.3 Å². The van der Waals surface area contributed by atoms with Crippen LogP contribution in [0.3, 0.4) is 0 Å². The van der Waals surface area contributed by atoms with Gasteiger partial charge in [0, 0.05) is 36.7 Å². The Morgan fingerprint density at radius 3 is 2.68 bits per heavy atom. The first-order chi connectivity index (χ1) is 9.29. The number of aromatic nitrogens is 1. The molecule has 1 aliphatic carbocycles. The molecule has 0 amide bonds. The fourth-order valence-corrected chi connectivity index (χ4v) is 4.31. The Kier molecular flexibility index (Phi) is 3.01. The maximum Gasteiger partial charge on any atom is 0.186 e. The van der Waals surface area contributed by atoms with Crippen molar-refractivity contribution in [3.8, 4) is 0 Å². The minimum Gasteiger partial charge on any atom is -0.345 e. The zero-order valence-electron chi connectivity index (χ0n) is 10.7. The largest absolute Gasteiger partial charge is 0.345 e. The number of halogens is 1. The zero-order valence-corrected chi connectivity index (χ0v) is 13.1. The topological polar surface area (TPSA) is 19.4 Å². The number of hydrogen-bond acceptors (Lipinski definition) is 4. The molecule has 1 saturated heterocycles. The third-order valence-corrected chi connectivity index (χ3v) is 5.56. The molecule has 2 aliphatic rings. The van der Waals surface area contributed by atoms with Crippen molar-refractivity contribution in [2.45, 2.75) is 18.9 Å². The Morgan fingerprint density at radius 2 is 1.95 bits per heavy atom. The van der Waals surface area contributed by atoms with E-state index in [9.17, 15) is 0 Å². The van der Waals surface area contributed by atoms with Gasteiger partial charge in [0.2, 0.25) is 0 Å². The van der Waals surface area contributed by atoms with Gasteiger partial charge in [-0.05, 0) is 31.0 Å². The van der Waals surface area contributed by atoms with Gasteiger partial charge in [-0.3, -0.25) is 4.90 Å². The van der Waals surface area contributed by atoms with E-state index in [1.54, 1.807) is 0 Å². The summed E-state index contributed by atoms with van der Waals surface area (Å²) in [6.45, 7) is 4.64. The molecule has 2 aromatic rings. The lowest BCUT2D eigenvalue weighted by Gasteiger charge is -2.34. The summed E-state index contributed by atoms with van der Waals surface area (Å²) in [6, 6.07) is 7.22. The van der Waals surface area contributed by atoms with E-state index in [2.05, 4.69) is 43.9 Å². The second-order valence-corrected chi connectivity index (χ2v) is 7.29. The summed E-state index contributed by atoms with van der Waals surface area (Å²) in [6.07, 6.45) is 2.82. The molecule has 1 saturated carbocycles. The van der Waals surface area contributed by atoms with Gasteiger partial charge in [-0.2, -0.15) is 0 Å². The number of fused-ring (bicyclic) bond motifs is 1. The van der Waals surface area contributed by atoms with Gasteiger partial charge in [-0.25, -0.2) is 4.98 Å². The molecular weight excluding hydrogens is 322 g/mol. The Balaban J connectivity index is 1.54. The Morgan fingerprint density at radius 1 is 1.16 bits per heavy atom. The maximum atomic E-state index is 4.77. The van der Waals surface area contributed by atoms with Gasteiger partial charge in [0.25, 0.3) is 0 Å². The second-order valence-electron chi connectivity index (χ2n) is 5.36. The molecule has 5 heteroatoms. The summed E-state index contributed by atoms with van der Waals surface area (Å²) in [5, 5.41) is 1.18. The first-order valence-electron chi connectivity index (χ1n) is 6.85. The predicted octanol–water partition coefficient (Wildman–Crippen LogP) is 3.34. The minimum absolute atomic E-state index is 0.897. The summed E-state index contributed by atoms with van der Waals surface area (Å²) in [7, 11) is 0. The number of hydrogen-bond donors (Lipinski definition) is 0. The Hall–Kier alpha value is -0.650. The van der Waals surface area contributed by atoms with E-state index in [0.29, 0.717) is 0 Å². The van der Waals surface area contributed by atoms with Crippen molar-refractivity contribution in [1.29, 1.82) is 0 Å². The van der Waals surface area contributed by atoms with Crippen LogP contribution >= 0.6 is 27.3 Å². The SMILES string of the molecule is Brc1ccc2nc(N3CCN(C4CC4)CC3)sc2c1. The van der Waals surface area contributed by atoms with E-state index in [1.807, 2.05) is 11.3 Å². The third-order valence-electron chi connectivity index (χ3n) is 3.99. The molecule has 0 bridgehead atoms. The van der Waals surface area contributed by atoms with Crippen molar-refractivity contribution in [2.24, 2.45) is 0 Å². The zero-order chi connectivity index (χ0) is 12.8. The van der Waals surface area contributed by atoms with Gasteiger partial charge in [0.15, 0.2) is 5.13 Å². The first kappa shape index (κ1) is 12.1. The summed E-state index contributed by atoms with van der Waals surface area (Å²) in [4.78, 5) is 9.85. The predicted molar refractivity (Wildman–Crippen MR) is 84.1 cm³/mol. The molecule has 1 aromatic carbocycles. The molecule has 0 atom stereocenters. The highest BCUT2D eigenvalue weighted by Gasteiger charge is 2.31. The van der Waals surface area contributed by atoms with E-state index < -0.39 is 0 Å². The first-order valence-corrected chi connectivity index (χ1v) is 8.46. The number of thiazole rings is 1. The van der Waals surface area contributed by atoms with Crippen LogP contribution in [0.25, 0.3) is 10.2 Å².